The monoisotopic (exact) mass is 247 g/mol. The molecule has 100 valence electrons. The molecule has 0 spiro atoms. The number of allylic oxidation sites excluding steroid dienone is 1. The lowest BCUT2D eigenvalue weighted by Crippen LogP contribution is -2.35. The van der Waals surface area contributed by atoms with Gasteiger partial charge in [-0.1, -0.05) is 42.8 Å². The lowest BCUT2D eigenvalue weighted by molar-refractivity contribution is 0.166. The second-order valence-corrected chi connectivity index (χ2v) is 5.13. The average molecular weight is 247 g/mol. The Morgan fingerprint density at radius 1 is 1.28 bits per heavy atom. The highest BCUT2D eigenvalue weighted by Gasteiger charge is 2.13. The molecule has 1 rings (SSSR count). The zero-order chi connectivity index (χ0) is 13.5. The summed E-state index contributed by atoms with van der Waals surface area (Å²) in [6.07, 6.45) is 2.50. The van der Waals surface area contributed by atoms with Crippen LogP contribution in [0.5, 0.6) is 0 Å². The second-order valence-electron chi connectivity index (χ2n) is 5.13. The van der Waals surface area contributed by atoms with Gasteiger partial charge in [0.2, 0.25) is 0 Å². The number of aryl methyl sites for hydroxylation is 1. The normalized spacial score (nSPS) is 16.0. The second kappa shape index (κ2) is 7.34. The van der Waals surface area contributed by atoms with Crippen LogP contribution in [0.2, 0.25) is 0 Å². The minimum atomic E-state index is -0.441. The van der Waals surface area contributed by atoms with E-state index in [1.807, 2.05) is 37.3 Å². The maximum absolute atomic E-state index is 10.1. The van der Waals surface area contributed by atoms with Crippen LogP contribution in [0, 0.1) is 12.8 Å². The van der Waals surface area contributed by atoms with Crippen molar-refractivity contribution < 1.29 is 5.11 Å². The maximum atomic E-state index is 10.1. The van der Waals surface area contributed by atoms with Gasteiger partial charge in [0.15, 0.2) is 0 Å². The molecule has 3 unspecified atom stereocenters. The molecule has 0 bridgehead atoms. The Bertz CT molecular complexity index is 358. The van der Waals surface area contributed by atoms with E-state index in [0.717, 1.165) is 12.0 Å². The molecular weight excluding hydrogens is 222 g/mol. The van der Waals surface area contributed by atoms with Crippen molar-refractivity contribution in [2.45, 2.75) is 39.3 Å². The van der Waals surface area contributed by atoms with Crippen LogP contribution in [-0.4, -0.2) is 17.7 Å². The fourth-order valence-electron chi connectivity index (χ4n) is 1.87. The highest BCUT2D eigenvalue weighted by Crippen LogP contribution is 2.14. The quantitative estimate of drug-likeness (QED) is 0.725. The van der Waals surface area contributed by atoms with Crippen molar-refractivity contribution >= 4 is 0 Å². The lowest BCUT2D eigenvalue weighted by atomic mass is 9.99. The van der Waals surface area contributed by atoms with Gasteiger partial charge in [-0.25, -0.2) is 0 Å². The molecule has 2 nitrogen and oxygen atoms in total. The van der Waals surface area contributed by atoms with Crippen molar-refractivity contribution in [3.63, 3.8) is 0 Å². The van der Waals surface area contributed by atoms with Crippen LogP contribution in [0.15, 0.2) is 36.9 Å². The number of benzene rings is 1. The zero-order valence-corrected chi connectivity index (χ0v) is 11.7. The average Bonchev–Trinajstić information content (AvgIpc) is 2.36. The van der Waals surface area contributed by atoms with Crippen molar-refractivity contribution in [1.82, 2.24) is 5.32 Å². The summed E-state index contributed by atoms with van der Waals surface area (Å²) >= 11 is 0. The van der Waals surface area contributed by atoms with E-state index in [0.29, 0.717) is 18.5 Å². The molecule has 0 aliphatic heterocycles. The van der Waals surface area contributed by atoms with Gasteiger partial charge in [0.05, 0.1) is 6.10 Å². The van der Waals surface area contributed by atoms with Crippen LogP contribution in [0.4, 0.5) is 0 Å². The molecule has 0 saturated heterocycles. The topological polar surface area (TPSA) is 32.3 Å². The SMILES string of the molecule is C=CCC(C)C(C)NCC(O)c1ccc(C)cc1. The third-order valence-electron chi connectivity index (χ3n) is 3.49. The highest BCUT2D eigenvalue weighted by molar-refractivity contribution is 5.23. The third-order valence-corrected chi connectivity index (χ3v) is 3.49. The van der Waals surface area contributed by atoms with E-state index in [4.69, 9.17) is 0 Å². The smallest absolute Gasteiger partial charge is 0.0914 e. The van der Waals surface area contributed by atoms with Crippen LogP contribution >= 0.6 is 0 Å². The number of aliphatic hydroxyl groups is 1. The van der Waals surface area contributed by atoms with Gasteiger partial charge in [-0.05, 0) is 31.7 Å². The van der Waals surface area contributed by atoms with Crippen LogP contribution in [0.1, 0.15) is 37.5 Å². The van der Waals surface area contributed by atoms with E-state index >= 15 is 0 Å². The molecule has 0 aliphatic rings. The van der Waals surface area contributed by atoms with E-state index < -0.39 is 6.10 Å². The van der Waals surface area contributed by atoms with Gasteiger partial charge in [-0.2, -0.15) is 0 Å². The van der Waals surface area contributed by atoms with Crippen molar-refractivity contribution in [3.05, 3.63) is 48.0 Å². The first-order chi connectivity index (χ1) is 8.54. The molecule has 0 aliphatic carbocycles. The summed E-state index contributed by atoms with van der Waals surface area (Å²) in [4.78, 5) is 0. The van der Waals surface area contributed by atoms with Gasteiger partial charge < -0.3 is 10.4 Å². The van der Waals surface area contributed by atoms with Crippen molar-refractivity contribution in [1.29, 1.82) is 0 Å². The van der Waals surface area contributed by atoms with Crippen molar-refractivity contribution in [2.24, 2.45) is 5.92 Å². The first-order valence-corrected chi connectivity index (χ1v) is 6.63. The Morgan fingerprint density at radius 3 is 2.44 bits per heavy atom. The Labute approximate surface area is 111 Å². The molecule has 0 radical (unpaired) electrons. The minimum absolute atomic E-state index is 0.378. The fraction of sp³-hybridized carbons (Fsp3) is 0.500. The Hall–Kier alpha value is -1.12. The van der Waals surface area contributed by atoms with Gasteiger partial charge in [0, 0.05) is 12.6 Å². The number of rotatable bonds is 7. The molecule has 0 amide bonds. The van der Waals surface area contributed by atoms with Crippen LogP contribution in [0.25, 0.3) is 0 Å². The molecule has 2 heteroatoms. The van der Waals surface area contributed by atoms with Crippen molar-refractivity contribution in [2.75, 3.05) is 6.54 Å². The zero-order valence-electron chi connectivity index (χ0n) is 11.7. The summed E-state index contributed by atoms with van der Waals surface area (Å²) < 4.78 is 0. The number of nitrogens with one attached hydrogen (secondary N) is 1. The summed E-state index contributed by atoms with van der Waals surface area (Å²) in [6.45, 7) is 10.7. The summed E-state index contributed by atoms with van der Waals surface area (Å²) in [5.41, 5.74) is 2.18. The molecular formula is C16H25NO. The first kappa shape index (κ1) is 14.9. The Morgan fingerprint density at radius 2 is 1.89 bits per heavy atom. The lowest BCUT2D eigenvalue weighted by Gasteiger charge is -2.22. The van der Waals surface area contributed by atoms with Crippen LogP contribution in [0.3, 0.4) is 0 Å². The van der Waals surface area contributed by atoms with Crippen LogP contribution in [-0.2, 0) is 0 Å². The molecule has 0 heterocycles. The largest absolute Gasteiger partial charge is 0.387 e. The molecule has 0 fully saturated rings. The van der Waals surface area contributed by atoms with Gasteiger partial charge in [0.25, 0.3) is 0 Å². The molecule has 1 aromatic rings. The van der Waals surface area contributed by atoms with E-state index in [9.17, 15) is 5.11 Å². The predicted octanol–water partition coefficient (Wildman–Crippen LogP) is 3.22. The molecule has 1 aromatic carbocycles. The number of hydrogen-bond acceptors (Lipinski definition) is 2. The number of hydrogen-bond donors (Lipinski definition) is 2. The van der Waals surface area contributed by atoms with Gasteiger partial charge >= 0.3 is 0 Å². The van der Waals surface area contributed by atoms with Gasteiger partial charge in [0.1, 0.15) is 0 Å². The molecule has 3 atom stereocenters. The van der Waals surface area contributed by atoms with Crippen molar-refractivity contribution in [3.8, 4) is 0 Å². The summed E-state index contributed by atoms with van der Waals surface area (Å²) in [6, 6.07) is 8.41. The van der Waals surface area contributed by atoms with E-state index in [1.165, 1.54) is 5.56 Å². The fourth-order valence-corrected chi connectivity index (χ4v) is 1.87. The first-order valence-electron chi connectivity index (χ1n) is 6.63. The van der Waals surface area contributed by atoms with E-state index in [-0.39, 0.29) is 0 Å². The van der Waals surface area contributed by atoms with E-state index in [1.54, 1.807) is 0 Å². The van der Waals surface area contributed by atoms with Gasteiger partial charge in [-0.15, -0.1) is 6.58 Å². The van der Waals surface area contributed by atoms with Gasteiger partial charge in [-0.3, -0.25) is 0 Å². The summed E-state index contributed by atoms with van der Waals surface area (Å²) in [5.74, 6) is 0.535. The Kier molecular flexibility index (Phi) is 6.10. The molecule has 0 saturated carbocycles. The molecule has 2 N–H and O–H groups in total. The number of aliphatic hydroxyl groups excluding tert-OH is 1. The Balaban J connectivity index is 2.43. The van der Waals surface area contributed by atoms with E-state index in [2.05, 4.69) is 25.7 Å². The third kappa shape index (κ3) is 4.63. The van der Waals surface area contributed by atoms with Crippen LogP contribution < -0.4 is 5.32 Å². The molecule has 18 heavy (non-hydrogen) atoms. The maximum Gasteiger partial charge on any atom is 0.0914 e. The summed E-state index contributed by atoms with van der Waals surface area (Å²) in [7, 11) is 0. The standard InChI is InChI=1S/C16H25NO/c1-5-6-13(3)14(4)17-11-16(18)15-9-7-12(2)8-10-15/h5,7-10,13-14,16-18H,1,6,11H2,2-4H3. The molecule has 0 aromatic heterocycles. The summed E-state index contributed by atoms with van der Waals surface area (Å²) in [5, 5.41) is 13.5. The predicted molar refractivity (Wildman–Crippen MR) is 77.6 cm³/mol. The minimum Gasteiger partial charge on any atom is -0.387 e. The highest BCUT2D eigenvalue weighted by atomic mass is 16.3.